The summed E-state index contributed by atoms with van der Waals surface area (Å²) in [7, 11) is -7.49. The zero-order chi connectivity index (χ0) is 13.1. The molecule has 3 atom stereocenters. The van der Waals surface area contributed by atoms with Gasteiger partial charge in [0.15, 0.2) is 25.1 Å². The first-order chi connectivity index (χ1) is 7.01. The van der Waals surface area contributed by atoms with Crippen molar-refractivity contribution in [1.29, 1.82) is 0 Å². The molecule has 0 heterocycles. The van der Waals surface area contributed by atoms with E-state index in [1.165, 1.54) is 13.8 Å². The highest BCUT2D eigenvalue weighted by molar-refractivity contribution is 7.94. The lowest BCUT2D eigenvalue weighted by atomic mass is 10.5. The first-order valence-corrected chi connectivity index (χ1v) is 8.62. The maximum absolute atomic E-state index is 11.3. The van der Waals surface area contributed by atoms with Crippen molar-refractivity contribution in [2.75, 3.05) is 5.75 Å². The molecule has 0 radical (unpaired) electrons. The van der Waals surface area contributed by atoms with Gasteiger partial charge in [-0.1, -0.05) is 0 Å². The molecule has 98 valence electrons. The first kappa shape index (κ1) is 16.4. The number of rotatable bonds is 6. The summed E-state index contributed by atoms with van der Waals surface area (Å²) in [5.74, 6) is -0.498. The summed E-state index contributed by atoms with van der Waals surface area (Å²) in [6, 6.07) is 0. The Balaban J connectivity index is 4.58. The third kappa shape index (κ3) is 4.37. The standard InChI is InChI=1S/C7H14Cl2O5S2/c1-5(8)15(11,12)4-3-7(10)16(13,14)6(2)9/h5-7,10H,3-4H2,1-2H3/t5-,6-,7-/m1/s1. The molecule has 0 amide bonds. The molecular weight excluding hydrogens is 299 g/mol. The van der Waals surface area contributed by atoms with Crippen LogP contribution in [0, 0.1) is 0 Å². The van der Waals surface area contributed by atoms with E-state index in [4.69, 9.17) is 23.2 Å². The zero-order valence-corrected chi connectivity index (χ0v) is 11.9. The van der Waals surface area contributed by atoms with Crippen molar-refractivity contribution in [3.8, 4) is 0 Å². The summed E-state index contributed by atoms with van der Waals surface area (Å²) >= 11 is 10.7. The lowest BCUT2D eigenvalue weighted by molar-refractivity contribution is 0.245. The fourth-order valence-corrected chi connectivity index (χ4v) is 3.34. The number of aliphatic hydroxyl groups excluding tert-OH is 1. The van der Waals surface area contributed by atoms with E-state index in [-0.39, 0.29) is 0 Å². The lowest BCUT2D eigenvalue weighted by Crippen LogP contribution is -2.30. The number of sulfone groups is 2. The minimum Gasteiger partial charge on any atom is -0.377 e. The molecule has 0 aliphatic heterocycles. The van der Waals surface area contributed by atoms with Crippen molar-refractivity contribution in [2.24, 2.45) is 0 Å². The van der Waals surface area contributed by atoms with Gasteiger partial charge >= 0.3 is 0 Å². The van der Waals surface area contributed by atoms with Gasteiger partial charge in [-0.15, -0.1) is 23.2 Å². The Morgan fingerprint density at radius 3 is 1.81 bits per heavy atom. The monoisotopic (exact) mass is 312 g/mol. The molecule has 0 bridgehead atoms. The van der Waals surface area contributed by atoms with E-state index in [2.05, 4.69) is 0 Å². The van der Waals surface area contributed by atoms with Gasteiger partial charge in [-0.25, -0.2) is 16.8 Å². The second-order valence-corrected chi connectivity index (χ2v) is 9.98. The van der Waals surface area contributed by atoms with Crippen molar-refractivity contribution >= 4 is 42.9 Å². The van der Waals surface area contributed by atoms with Crippen LogP contribution in [0.25, 0.3) is 0 Å². The number of hydrogen-bond acceptors (Lipinski definition) is 5. The van der Waals surface area contributed by atoms with Crippen LogP contribution in [0.1, 0.15) is 20.3 Å². The van der Waals surface area contributed by atoms with Gasteiger partial charge in [-0.2, -0.15) is 0 Å². The predicted molar refractivity (Wildman–Crippen MR) is 64.0 cm³/mol. The van der Waals surface area contributed by atoms with Crippen molar-refractivity contribution in [3.05, 3.63) is 0 Å². The van der Waals surface area contributed by atoms with Gasteiger partial charge in [0.2, 0.25) is 0 Å². The summed E-state index contributed by atoms with van der Waals surface area (Å²) in [4.78, 5) is 0. The molecule has 0 saturated carbocycles. The maximum Gasteiger partial charge on any atom is 0.193 e. The van der Waals surface area contributed by atoms with E-state index in [0.29, 0.717) is 0 Å². The first-order valence-electron chi connectivity index (χ1n) is 4.42. The van der Waals surface area contributed by atoms with Gasteiger partial charge < -0.3 is 5.11 Å². The predicted octanol–water partition coefficient (Wildman–Crippen LogP) is 0.694. The van der Waals surface area contributed by atoms with E-state index in [0.717, 1.165) is 0 Å². The van der Waals surface area contributed by atoms with Crippen LogP contribution in [0.5, 0.6) is 0 Å². The second kappa shape index (κ2) is 5.86. The third-order valence-electron chi connectivity index (χ3n) is 1.98. The molecule has 9 heteroatoms. The fourth-order valence-electron chi connectivity index (χ4n) is 0.808. The second-order valence-electron chi connectivity index (χ2n) is 3.29. The van der Waals surface area contributed by atoms with Crippen molar-refractivity contribution < 1.29 is 21.9 Å². The Morgan fingerprint density at radius 1 is 1.06 bits per heavy atom. The Labute approximate surface area is 106 Å². The van der Waals surface area contributed by atoms with Crippen molar-refractivity contribution in [3.63, 3.8) is 0 Å². The normalized spacial score (nSPS) is 19.1. The maximum atomic E-state index is 11.3. The molecule has 0 aromatic rings. The summed E-state index contributed by atoms with van der Waals surface area (Å²) < 4.78 is 42.8. The number of aliphatic hydroxyl groups is 1. The van der Waals surface area contributed by atoms with E-state index in [9.17, 15) is 21.9 Å². The minimum atomic E-state index is -3.91. The Bertz CT molecular complexity index is 412. The highest BCUT2D eigenvalue weighted by Gasteiger charge is 2.30. The molecule has 5 nitrogen and oxygen atoms in total. The van der Waals surface area contributed by atoms with Crippen molar-refractivity contribution in [2.45, 2.75) is 35.1 Å². The van der Waals surface area contributed by atoms with Gasteiger partial charge in [-0.05, 0) is 13.8 Å². The average Bonchev–Trinajstić information content (AvgIpc) is 2.13. The van der Waals surface area contributed by atoms with Crippen LogP contribution in [0.4, 0.5) is 0 Å². The number of hydrogen-bond donors (Lipinski definition) is 1. The number of alkyl halides is 2. The molecule has 0 aliphatic rings. The summed E-state index contributed by atoms with van der Waals surface area (Å²) in [5.41, 5.74) is -1.79. The van der Waals surface area contributed by atoms with Crippen LogP contribution < -0.4 is 0 Å². The lowest BCUT2D eigenvalue weighted by Gasteiger charge is -2.14. The molecule has 0 aliphatic carbocycles. The Morgan fingerprint density at radius 2 is 1.50 bits per heavy atom. The van der Waals surface area contributed by atoms with Crippen LogP contribution >= 0.6 is 23.2 Å². The van der Waals surface area contributed by atoms with E-state index < -0.39 is 46.7 Å². The molecule has 0 unspecified atom stereocenters. The molecule has 0 fully saturated rings. The molecular formula is C7H14Cl2O5S2. The van der Waals surface area contributed by atoms with Gasteiger partial charge in [-0.3, -0.25) is 0 Å². The molecule has 0 spiro atoms. The number of halogens is 2. The Hall–Kier alpha value is 0.440. The topological polar surface area (TPSA) is 88.5 Å². The molecule has 0 aromatic carbocycles. The largest absolute Gasteiger partial charge is 0.377 e. The molecule has 1 N–H and O–H groups in total. The quantitative estimate of drug-likeness (QED) is 0.729. The molecule has 16 heavy (non-hydrogen) atoms. The highest BCUT2D eigenvalue weighted by atomic mass is 35.5. The summed E-state index contributed by atoms with van der Waals surface area (Å²) in [6.45, 7) is 2.46. The zero-order valence-electron chi connectivity index (χ0n) is 8.80. The van der Waals surface area contributed by atoms with E-state index in [1.54, 1.807) is 0 Å². The van der Waals surface area contributed by atoms with E-state index in [1.807, 2.05) is 0 Å². The van der Waals surface area contributed by atoms with Crippen molar-refractivity contribution in [1.82, 2.24) is 0 Å². The van der Waals surface area contributed by atoms with Crippen LogP contribution in [0.3, 0.4) is 0 Å². The summed E-state index contributed by atoms with van der Waals surface area (Å²) in [5, 5.41) is 9.31. The highest BCUT2D eigenvalue weighted by Crippen LogP contribution is 2.16. The Kier molecular flexibility index (Phi) is 6.02. The van der Waals surface area contributed by atoms with E-state index >= 15 is 0 Å². The fraction of sp³-hybridized carbons (Fsp3) is 1.00. The van der Waals surface area contributed by atoms with Crippen LogP contribution in [-0.4, -0.2) is 42.5 Å². The van der Waals surface area contributed by atoms with Gasteiger partial charge in [0.25, 0.3) is 0 Å². The molecule has 0 saturated heterocycles. The van der Waals surface area contributed by atoms with Crippen LogP contribution in [0.2, 0.25) is 0 Å². The summed E-state index contributed by atoms with van der Waals surface area (Å²) in [6.07, 6.45) is -0.432. The van der Waals surface area contributed by atoms with Crippen LogP contribution in [0.15, 0.2) is 0 Å². The third-order valence-corrected chi connectivity index (χ3v) is 7.23. The minimum absolute atomic E-state index is 0.432. The average molecular weight is 313 g/mol. The van der Waals surface area contributed by atoms with Gasteiger partial charge in [0.1, 0.15) is 9.42 Å². The SMILES string of the molecule is C[C@H](Cl)S(=O)(=O)CC[C@H](O)S(=O)(=O)[C@H](C)Cl. The molecule has 0 aromatic heterocycles. The van der Waals surface area contributed by atoms with Gasteiger partial charge in [0, 0.05) is 6.42 Å². The molecule has 0 rings (SSSR count). The smallest absolute Gasteiger partial charge is 0.193 e. The van der Waals surface area contributed by atoms with Gasteiger partial charge in [0.05, 0.1) is 5.75 Å². The van der Waals surface area contributed by atoms with Crippen LogP contribution in [-0.2, 0) is 19.7 Å².